The Kier molecular flexibility index (Phi) is 4.33. The molecule has 1 unspecified atom stereocenters. The van der Waals surface area contributed by atoms with E-state index < -0.39 is 0 Å². The Labute approximate surface area is 108 Å². The third-order valence-corrected chi connectivity index (χ3v) is 3.32. The van der Waals surface area contributed by atoms with Gasteiger partial charge >= 0.3 is 0 Å². The molecule has 1 aliphatic heterocycles. The van der Waals surface area contributed by atoms with E-state index in [0.717, 1.165) is 43.9 Å². The highest BCUT2D eigenvalue weighted by Crippen LogP contribution is 2.23. The number of hydrogen-bond acceptors (Lipinski definition) is 6. The topological polar surface area (TPSA) is 76.3 Å². The Morgan fingerprint density at radius 1 is 1.56 bits per heavy atom. The highest BCUT2D eigenvalue weighted by atomic mass is 16.5. The van der Waals surface area contributed by atoms with Gasteiger partial charge < -0.3 is 15.1 Å². The number of ether oxygens (including phenoxy) is 1. The molecule has 1 saturated heterocycles. The molecule has 0 bridgehead atoms. The molecule has 0 aliphatic carbocycles. The standard InChI is InChI=1S/C12H21N5O/c1-3-17(7-10-5-4-6-18-10)12-9(2)11(16-13)14-8-15-12/h8,10H,3-7,13H2,1-2H3,(H,14,15,16). The molecule has 0 saturated carbocycles. The van der Waals surface area contributed by atoms with Crippen molar-refractivity contribution in [3.05, 3.63) is 11.9 Å². The van der Waals surface area contributed by atoms with Gasteiger partial charge in [-0.05, 0) is 26.7 Å². The van der Waals surface area contributed by atoms with E-state index in [4.69, 9.17) is 10.6 Å². The van der Waals surface area contributed by atoms with Crippen LogP contribution in [0.15, 0.2) is 6.33 Å². The molecular weight excluding hydrogens is 230 g/mol. The van der Waals surface area contributed by atoms with Crippen molar-refractivity contribution in [2.75, 3.05) is 30.0 Å². The number of nitrogen functional groups attached to an aromatic ring is 1. The maximum atomic E-state index is 5.68. The minimum atomic E-state index is 0.314. The zero-order valence-corrected chi connectivity index (χ0v) is 11.0. The zero-order valence-electron chi connectivity index (χ0n) is 11.0. The van der Waals surface area contributed by atoms with Gasteiger partial charge in [-0.2, -0.15) is 0 Å². The van der Waals surface area contributed by atoms with Gasteiger partial charge in [0.05, 0.1) is 6.10 Å². The number of rotatable bonds is 5. The SMILES string of the molecule is CCN(CC1CCCO1)c1ncnc(NN)c1C. The van der Waals surface area contributed by atoms with Crippen LogP contribution in [0.3, 0.4) is 0 Å². The van der Waals surface area contributed by atoms with Crippen LogP contribution in [-0.4, -0.2) is 35.8 Å². The Bertz CT molecular complexity index is 392. The number of likely N-dealkylation sites (N-methyl/N-ethyl adjacent to an activating group) is 1. The van der Waals surface area contributed by atoms with Crippen LogP contribution in [0.4, 0.5) is 11.6 Å². The number of nitrogens with zero attached hydrogens (tertiary/aromatic N) is 3. The van der Waals surface area contributed by atoms with Crippen LogP contribution < -0.4 is 16.2 Å². The summed E-state index contributed by atoms with van der Waals surface area (Å²) in [5.41, 5.74) is 3.57. The summed E-state index contributed by atoms with van der Waals surface area (Å²) in [4.78, 5) is 10.7. The number of hydrogen-bond donors (Lipinski definition) is 2. The molecule has 0 amide bonds. The molecular formula is C12H21N5O. The van der Waals surface area contributed by atoms with E-state index in [-0.39, 0.29) is 0 Å². The molecule has 0 radical (unpaired) electrons. The van der Waals surface area contributed by atoms with Crippen molar-refractivity contribution in [1.29, 1.82) is 0 Å². The van der Waals surface area contributed by atoms with Crippen LogP contribution >= 0.6 is 0 Å². The number of aromatic nitrogens is 2. The van der Waals surface area contributed by atoms with E-state index in [1.54, 1.807) is 0 Å². The summed E-state index contributed by atoms with van der Waals surface area (Å²) in [6.07, 6.45) is 4.13. The second kappa shape index (κ2) is 5.97. The number of hydrazine groups is 1. The summed E-state index contributed by atoms with van der Waals surface area (Å²) in [5, 5.41) is 0. The van der Waals surface area contributed by atoms with Crippen molar-refractivity contribution in [3.63, 3.8) is 0 Å². The van der Waals surface area contributed by atoms with Crippen LogP contribution in [0.5, 0.6) is 0 Å². The molecule has 6 nitrogen and oxygen atoms in total. The van der Waals surface area contributed by atoms with Crippen LogP contribution in [-0.2, 0) is 4.74 Å². The molecule has 1 atom stereocenters. The van der Waals surface area contributed by atoms with Crippen molar-refractivity contribution in [1.82, 2.24) is 9.97 Å². The van der Waals surface area contributed by atoms with Crippen LogP contribution in [0.2, 0.25) is 0 Å². The molecule has 1 aromatic heterocycles. The Morgan fingerprint density at radius 2 is 2.39 bits per heavy atom. The van der Waals surface area contributed by atoms with Crippen molar-refractivity contribution >= 4 is 11.6 Å². The molecule has 6 heteroatoms. The summed E-state index contributed by atoms with van der Waals surface area (Å²) in [7, 11) is 0. The first-order chi connectivity index (χ1) is 8.76. The van der Waals surface area contributed by atoms with Crippen molar-refractivity contribution in [3.8, 4) is 0 Å². The maximum Gasteiger partial charge on any atom is 0.148 e. The lowest BCUT2D eigenvalue weighted by atomic mass is 10.2. The van der Waals surface area contributed by atoms with Gasteiger partial charge in [-0.3, -0.25) is 0 Å². The van der Waals surface area contributed by atoms with E-state index in [1.807, 2.05) is 6.92 Å². The highest BCUT2D eigenvalue weighted by Gasteiger charge is 2.21. The molecule has 0 spiro atoms. The zero-order chi connectivity index (χ0) is 13.0. The normalized spacial score (nSPS) is 18.9. The Morgan fingerprint density at radius 3 is 3.00 bits per heavy atom. The minimum Gasteiger partial charge on any atom is -0.376 e. The van der Waals surface area contributed by atoms with Crippen LogP contribution in [0.25, 0.3) is 0 Å². The van der Waals surface area contributed by atoms with Gasteiger partial charge in [0, 0.05) is 25.3 Å². The summed E-state index contributed by atoms with van der Waals surface area (Å²) < 4.78 is 5.68. The first kappa shape index (κ1) is 13.0. The number of nitrogens with one attached hydrogen (secondary N) is 1. The molecule has 1 aliphatic rings. The van der Waals surface area contributed by atoms with E-state index in [0.29, 0.717) is 11.9 Å². The summed E-state index contributed by atoms with van der Waals surface area (Å²) in [5.74, 6) is 7.04. The predicted octanol–water partition coefficient (Wildman–Crippen LogP) is 1.08. The maximum absolute atomic E-state index is 5.68. The van der Waals surface area contributed by atoms with Gasteiger partial charge in [0.1, 0.15) is 18.0 Å². The Hall–Kier alpha value is -1.40. The van der Waals surface area contributed by atoms with Crippen LogP contribution in [0.1, 0.15) is 25.3 Å². The van der Waals surface area contributed by atoms with Gasteiger partial charge in [0.15, 0.2) is 0 Å². The number of anilines is 2. The lowest BCUT2D eigenvalue weighted by Crippen LogP contribution is -2.33. The first-order valence-electron chi connectivity index (χ1n) is 6.41. The van der Waals surface area contributed by atoms with Gasteiger partial charge in [0.25, 0.3) is 0 Å². The minimum absolute atomic E-state index is 0.314. The summed E-state index contributed by atoms with van der Waals surface area (Å²) in [6.45, 7) is 6.73. The third kappa shape index (κ3) is 2.70. The highest BCUT2D eigenvalue weighted by molar-refractivity contribution is 5.57. The third-order valence-electron chi connectivity index (χ3n) is 3.32. The van der Waals surface area contributed by atoms with Crippen molar-refractivity contribution in [2.24, 2.45) is 5.84 Å². The molecule has 1 fully saturated rings. The second-order valence-corrected chi connectivity index (χ2v) is 4.49. The second-order valence-electron chi connectivity index (χ2n) is 4.49. The molecule has 18 heavy (non-hydrogen) atoms. The van der Waals surface area contributed by atoms with E-state index >= 15 is 0 Å². The number of nitrogens with two attached hydrogens (primary N) is 1. The lowest BCUT2D eigenvalue weighted by molar-refractivity contribution is 0.115. The average molecular weight is 251 g/mol. The molecule has 3 N–H and O–H groups in total. The fourth-order valence-corrected chi connectivity index (χ4v) is 2.30. The summed E-state index contributed by atoms with van der Waals surface area (Å²) >= 11 is 0. The van der Waals surface area contributed by atoms with E-state index in [9.17, 15) is 0 Å². The smallest absolute Gasteiger partial charge is 0.148 e. The Balaban J connectivity index is 2.15. The van der Waals surface area contributed by atoms with E-state index in [2.05, 4.69) is 27.2 Å². The lowest BCUT2D eigenvalue weighted by Gasteiger charge is -2.26. The van der Waals surface area contributed by atoms with Gasteiger partial charge in [-0.1, -0.05) is 0 Å². The molecule has 1 aromatic rings. The van der Waals surface area contributed by atoms with Crippen molar-refractivity contribution < 1.29 is 4.74 Å². The first-order valence-corrected chi connectivity index (χ1v) is 6.41. The monoisotopic (exact) mass is 251 g/mol. The van der Waals surface area contributed by atoms with Crippen molar-refractivity contribution in [2.45, 2.75) is 32.8 Å². The molecule has 0 aromatic carbocycles. The van der Waals surface area contributed by atoms with E-state index in [1.165, 1.54) is 6.33 Å². The summed E-state index contributed by atoms with van der Waals surface area (Å²) in [6, 6.07) is 0. The molecule has 2 heterocycles. The molecule has 100 valence electrons. The van der Waals surface area contributed by atoms with Gasteiger partial charge in [-0.25, -0.2) is 15.8 Å². The fraction of sp³-hybridized carbons (Fsp3) is 0.667. The largest absolute Gasteiger partial charge is 0.376 e. The predicted molar refractivity (Wildman–Crippen MR) is 71.4 cm³/mol. The average Bonchev–Trinajstić information content (AvgIpc) is 2.89. The fourth-order valence-electron chi connectivity index (χ4n) is 2.30. The van der Waals surface area contributed by atoms with Gasteiger partial charge in [-0.15, -0.1) is 0 Å². The quantitative estimate of drug-likeness (QED) is 0.602. The van der Waals surface area contributed by atoms with Crippen LogP contribution in [0, 0.1) is 6.92 Å². The molecule has 2 rings (SSSR count). The van der Waals surface area contributed by atoms with Gasteiger partial charge in [0.2, 0.25) is 0 Å².